The van der Waals surface area contributed by atoms with Crippen molar-refractivity contribution in [3.05, 3.63) is 18.1 Å². The van der Waals surface area contributed by atoms with Gasteiger partial charge in [-0.05, 0) is 0 Å². The lowest BCUT2D eigenvalue weighted by molar-refractivity contribution is 0.459. The molecule has 0 unspecified atom stereocenters. The van der Waals surface area contributed by atoms with Gasteiger partial charge in [-0.2, -0.15) is 0 Å². The maximum Gasteiger partial charge on any atom is 0.239 e. The lowest BCUT2D eigenvalue weighted by Gasteiger charge is -1.97. The lowest BCUT2D eigenvalue weighted by atomic mass is 10.3. The van der Waals surface area contributed by atoms with Crippen molar-refractivity contribution in [1.29, 1.82) is 0 Å². The fraction of sp³-hybridized carbons (Fsp3) is 0.143. The van der Waals surface area contributed by atoms with Crippen molar-refractivity contribution in [3.63, 3.8) is 0 Å². The first-order chi connectivity index (χ1) is 5.83. The molecule has 12 heavy (non-hydrogen) atoms. The molecule has 0 saturated heterocycles. The van der Waals surface area contributed by atoms with Crippen molar-refractivity contribution >= 4 is 27.0 Å². The summed E-state index contributed by atoms with van der Waals surface area (Å²) in [6, 6.07) is 0. The monoisotopic (exact) mass is 227 g/mol. The Morgan fingerprint density at radius 1 is 1.50 bits per heavy atom. The Hall–Kier alpha value is -1.10. The number of pyridine rings is 1. The summed E-state index contributed by atoms with van der Waals surface area (Å²) in [5, 5.41) is 9.96. The summed E-state index contributed by atoms with van der Waals surface area (Å²) in [4.78, 5) is 10.7. The first-order valence-electron chi connectivity index (χ1n) is 3.39. The van der Waals surface area contributed by atoms with Crippen molar-refractivity contribution in [2.24, 2.45) is 0 Å². The van der Waals surface area contributed by atoms with Crippen molar-refractivity contribution in [2.75, 3.05) is 0 Å². The number of H-pyrrole nitrogens is 1. The molecule has 2 rings (SSSR count). The van der Waals surface area contributed by atoms with E-state index in [4.69, 9.17) is 0 Å². The Labute approximate surface area is 76.8 Å². The maximum absolute atomic E-state index is 9.27. The standard InChI is InChI=1S/C7H6BrN3O/c8-1-4-2-9-7(12)6-5(4)10-3-11-6/h2-3H,1H2,(H,9,12)(H,10,11). The molecule has 0 spiro atoms. The molecule has 0 amide bonds. The summed E-state index contributed by atoms with van der Waals surface area (Å²) in [7, 11) is 0. The number of nitrogens with zero attached hydrogens (tertiary/aromatic N) is 2. The van der Waals surface area contributed by atoms with E-state index < -0.39 is 0 Å². The second kappa shape index (κ2) is 2.75. The van der Waals surface area contributed by atoms with Crippen LogP contribution in [-0.4, -0.2) is 20.1 Å². The molecule has 0 aliphatic carbocycles. The van der Waals surface area contributed by atoms with Gasteiger partial charge in [0, 0.05) is 17.1 Å². The molecule has 0 aromatic carbocycles. The summed E-state index contributed by atoms with van der Waals surface area (Å²) in [6.45, 7) is 0. The van der Waals surface area contributed by atoms with Crippen LogP contribution in [0.2, 0.25) is 0 Å². The second-order valence-electron chi connectivity index (χ2n) is 2.37. The van der Waals surface area contributed by atoms with Crippen LogP contribution in [-0.2, 0) is 5.33 Å². The van der Waals surface area contributed by atoms with Crippen molar-refractivity contribution in [3.8, 4) is 5.88 Å². The highest BCUT2D eigenvalue weighted by Gasteiger charge is 2.07. The molecule has 0 saturated carbocycles. The molecule has 0 aliphatic heterocycles. The topological polar surface area (TPSA) is 61.8 Å². The van der Waals surface area contributed by atoms with Crippen LogP contribution < -0.4 is 0 Å². The second-order valence-corrected chi connectivity index (χ2v) is 2.93. The minimum Gasteiger partial charge on any atom is -0.492 e. The third-order valence-electron chi connectivity index (χ3n) is 1.66. The third kappa shape index (κ3) is 0.972. The molecule has 2 aromatic heterocycles. The number of rotatable bonds is 1. The predicted octanol–water partition coefficient (Wildman–Crippen LogP) is 1.56. The van der Waals surface area contributed by atoms with Crippen LogP contribution in [0.15, 0.2) is 12.5 Å². The summed E-state index contributed by atoms with van der Waals surface area (Å²) < 4.78 is 0. The van der Waals surface area contributed by atoms with E-state index in [0.29, 0.717) is 10.8 Å². The Morgan fingerprint density at radius 2 is 2.33 bits per heavy atom. The van der Waals surface area contributed by atoms with Crippen molar-refractivity contribution < 1.29 is 5.11 Å². The number of hydrogen-bond acceptors (Lipinski definition) is 3. The van der Waals surface area contributed by atoms with E-state index in [9.17, 15) is 5.11 Å². The van der Waals surface area contributed by atoms with E-state index in [1.807, 2.05) is 0 Å². The minimum atomic E-state index is -0.0315. The molecule has 62 valence electrons. The smallest absolute Gasteiger partial charge is 0.239 e. The minimum absolute atomic E-state index is 0.0315. The van der Waals surface area contributed by atoms with E-state index >= 15 is 0 Å². The van der Waals surface area contributed by atoms with Gasteiger partial charge in [0.2, 0.25) is 5.88 Å². The summed E-state index contributed by atoms with van der Waals surface area (Å²) >= 11 is 3.32. The van der Waals surface area contributed by atoms with Crippen LogP contribution >= 0.6 is 15.9 Å². The molecule has 0 radical (unpaired) electrons. The molecule has 0 atom stereocenters. The van der Waals surface area contributed by atoms with E-state index in [2.05, 4.69) is 30.9 Å². The van der Waals surface area contributed by atoms with Crippen LogP contribution in [0.1, 0.15) is 5.56 Å². The van der Waals surface area contributed by atoms with Gasteiger partial charge in [-0.15, -0.1) is 0 Å². The van der Waals surface area contributed by atoms with Crippen LogP contribution in [0.25, 0.3) is 11.0 Å². The lowest BCUT2D eigenvalue weighted by Crippen LogP contribution is -1.84. The van der Waals surface area contributed by atoms with Gasteiger partial charge in [0.1, 0.15) is 0 Å². The molecular formula is C7H6BrN3O. The van der Waals surface area contributed by atoms with Gasteiger partial charge in [0.25, 0.3) is 0 Å². The normalized spacial score (nSPS) is 10.8. The highest BCUT2D eigenvalue weighted by atomic mass is 79.9. The van der Waals surface area contributed by atoms with E-state index in [0.717, 1.165) is 11.1 Å². The number of alkyl halides is 1. The molecule has 4 nitrogen and oxygen atoms in total. The fourth-order valence-corrected chi connectivity index (χ4v) is 1.50. The molecular weight excluding hydrogens is 222 g/mol. The van der Waals surface area contributed by atoms with E-state index in [1.165, 1.54) is 6.33 Å². The first kappa shape index (κ1) is 7.54. The number of fused-ring (bicyclic) bond motifs is 1. The molecule has 2 heterocycles. The highest BCUT2D eigenvalue weighted by molar-refractivity contribution is 9.08. The van der Waals surface area contributed by atoms with Crippen LogP contribution in [0.5, 0.6) is 5.88 Å². The zero-order chi connectivity index (χ0) is 8.55. The average molecular weight is 228 g/mol. The summed E-state index contributed by atoms with van der Waals surface area (Å²) in [5.74, 6) is -0.0315. The Kier molecular flexibility index (Phi) is 1.73. The highest BCUT2D eigenvalue weighted by Crippen LogP contribution is 2.22. The SMILES string of the molecule is Oc1ncc(CBr)c2[nH]cnc12. The number of nitrogens with one attached hydrogen (secondary N) is 1. The first-order valence-corrected chi connectivity index (χ1v) is 4.51. The van der Waals surface area contributed by atoms with Gasteiger partial charge in [-0.25, -0.2) is 9.97 Å². The third-order valence-corrected chi connectivity index (χ3v) is 2.26. The molecule has 0 aliphatic rings. The van der Waals surface area contributed by atoms with Gasteiger partial charge < -0.3 is 10.1 Å². The van der Waals surface area contributed by atoms with Gasteiger partial charge in [-0.1, -0.05) is 15.9 Å². The molecule has 2 N–H and O–H groups in total. The fourth-order valence-electron chi connectivity index (χ4n) is 1.07. The van der Waals surface area contributed by atoms with Gasteiger partial charge in [0.15, 0.2) is 5.52 Å². The zero-order valence-corrected chi connectivity index (χ0v) is 7.67. The summed E-state index contributed by atoms with van der Waals surface area (Å²) in [6.07, 6.45) is 3.16. The predicted molar refractivity (Wildman–Crippen MR) is 48.2 cm³/mol. The zero-order valence-electron chi connectivity index (χ0n) is 6.08. The maximum atomic E-state index is 9.27. The number of halogens is 1. The molecule has 5 heteroatoms. The summed E-state index contributed by atoms with van der Waals surface area (Å²) in [5.41, 5.74) is 2.34. The molecule has 0 bridgehead atoms. The largest absolute Gasteiger partial charge is 0.492 e. The Bertz CT molecular complexity index is 412. The number of aromatic amines is 1. The Balaban J connectivity index is 2.82. The van der Waals surface area contributed by atoms with Gasteiger partial charge >= 0.3 is 0 Å². The van der Waals surface area contributed by atoms with Crippen molar-refractivity contribution in [2.45, 2.75) is 5.33 Å². The van der Waals surface area contributed by atoms with E-state index in [-0.39, 0.29) is 5.88 Å². The van der Waals surface area contributed by atoms with Crippen LogP contribution in [0.3, 0.4) is 0 Å². The van der Waals surface area contributed by atoms with Crippen LogP contribution in [0, 0.1) is 0 Å². The van der Waals surface area contributed by atoms with Crippen molar-refractivity contribution in [1.82, 2.24) is 15.0 Å². The number of imidazole rings is 1. The number of aromatic hydroxyl groups is 1. The quantitative estimate of drug-likeness (QED) is 0.728. The van der Waals surface area contributed by atoms with Gasteiger partial charge in [-0.3, -0.25) is 0 Å². The van der Waals surface area contributed by atoms with E-state index in [1.54, 1.807) is 6.20 Å². The molecule has 2 aromatic rings. The average Bonchev–Trinajstić information content (AvgIpc) is 2.54. The number of hydrogen-bond donors (Lipinski definition) is 2. The van der Waals surface area contributed by atoms with Crippen LogP contribution in [0.4, 0.5) is 0 Å². The van der Waals surface area contributed by atoms with Gasteiger partial charge in [0.05, 0.1) is 11.8 Å². The number of aromatic nitrogens is 3. The Morgan fingerprint density at radius 3 is 3.08 bits per heavy atom. The molecule has 0 fully saturated rings.